The monoisotopic (exact) mass is 385 g/mol. The van der Waals surface area contributed by atoms with Crippen molar-refractivity contribution in [2.24, 2.45) is 0 Å². The summed E-state index contributed by atoms with van der Waals surface area (Å²) in [5, 5.41) is 3.06. The molecule has 2 heterocycles. The van der Waals surface area contributed by atoms with E-state index < -0.39 is 0 Å². The van der Waals surface area contributed by atoms with Crippen LogP contribution in [0.4, 0.5) is 5.69 Å². The summed E-state index contributed by atoms with van der Waals surface area (Å²) in [6.07, 6.45) is 4.79. The van der Waals surface area contributed by atoms with E-state index in [1.54, 1.807) is 0 Å². The van der Waals surface area contributed by atoms with E-state index in [4.69, 9.17) is 0 Å². The summed E-state index contributed by atoms with van der Waals surface area (Å²) in [6.45, 7) is 4.20. The number of carbonyl (C=O) groups is 1. The Balaban J connectivity index is 1.33. The van der Waals surface area contributed by atoms with Gasteiger partial charge in [0.1, 0.15) is 0 Å². The lowest BCUT2D eigenvalue weighted by molar-refractivity contribution is -0.121. The van der Waals surface area contributed by atoms with Crippen LogP contribution < -0.4 is 10.2 Å². The molecule has 1 unspecified atom stereocenters. The fraction of sp³-hybridized carbons (Fsp3) is 0.280. The van der Waals surface area contributed by atoms with Crippen LogP contribution in [-0.4, -0.2) is 24.0 Å². The van der Waals surface area contributed by atoms with Crippen LogP contribution >= 0.6 is 0 Å². The lowest BCUT2D eigenvalue weighted by Gasteiger charge is -2.19. The number of amides is 1. The van der Waals surface area contributed by atoms with E-state index in [9.17, 15) is 4.79 Å². The van der Waals surface area contributed by atoms with Gasteiger partial charge in [-0.25, -0.2) is 0 Å². The van der Waals surface area contributed by atoms with Crippen molar-refractivity contribution in [2.45, 2.75) is 32.2 Å². The van der Waals surface area contributed by atoms with Gasteiger partial charge in [0.15, 0.2) is 0 Å². The molecule has 1 N–H and O–H groups in total. The van der Waals surface area contributed by atoms with Crippen molar-refractivity contribution in [3.05, 3.63) is 84.2 Å². The van der Waals surface area contributed by atoms with Gasteiger partial charge in [-0.2, -0.15) is 0 Å². The van der Waals surface area contributed by atoms with E-state index in [0.29, 0.717) is 6.42 Å². The normalized spacial score (nSPS) is 14.6. The van der Waals surface area contributed by atoms with Crippen LogP contribution in [0, 0.1) is 0 Å². The molecule has 2 aromatic carbocycles. The summed E-state index contributed by atoms with van der Waals surface area (Å²) in [4.78, 5) is 19.4. The average Bonchev–Trinajstić information content (AvgIpc) is 3.30. The van der Waals surface area contributed by atoms with Crippen LogP contribution in [0.3, 0.4) is 0 Å². The van der Waals surface area contributed by atoms with E-state index in [1.165, 1.54) is 24.1 Å². The van der Waals surface area contributed by atoms with Gasteiger partial charge in [0.05, 0.1) is 30.0 Å². The Morgan fingerprint density at radius 3 is 2.31 bits per heavy atom. The van der Waals surface area contributed by atoms with Crippen molar-refractivity contribution >= 4 is 11.6 Å². The first-order valence-corrected chi connectivity index (χ1v) is 10.3. The van der Waals surface area contributed by atoms with E-state index in [1.807, 2.05) is 49.5 Å². The summed E-state index contributed by atoms with van der Waals surface area (Å²) >= 11 is 0. The number of nitrogens with zero attached hydrogens (tertiary/aromatic N) is 2. The van der Waals surface area contributed by atoms with Crippen LogP contribution in [0.2, 0.25) is 0 Å². The third kappa shape index (κ3) is 4.83. The number of pyridine rings is 1. The molecule has 148 valence electrons. The molecule has 0 saturated carbocycles. The predicted octanol–water partition coefficient (Wildman–Crippen LogP) is 4.77. The van der Waals surface area contributed by atoms with Gasteiger partial charge in [-0.3, -0.25) is 9.78 Å². The van der Waals surface area contributed by atoms with E-state index in [-0.39, 0.29) is 11.9 Å². The third-order valence-corrected chi connectivity index (χ3v) is 5.49. The maximum absolute atomic E-state index is 12.5. The van der Waals surface area contributed by atoms with E-state index in [0.717, 1.165) is 29.9 Å². The highest BCUT2D eigenvalue weighted by atomic mass is 16.1. The molecular weight excluding hydrogens is 358 g/mol. The molecule has 1 aromatic heterocycles. The number of rotatable bonds is 6. The van der Waals surface area contributed by atoms with Gasteiger partial charge >= 0.3 is 0 Å². The minimum Gasteiger partial charge on any atom is -0.370 e. The molecule has 1 aliphatic heterocycles. The summed E-state index contributed by atoms with van der Waals surface area (Å²) < 4.78 is 0. The Bertz CT molecular complexity index is 930. The van der Waals surface area contributed by atoms with Crippen molar-refractivity contribution in [3.63, 3.8) is 0 Å². The van der Waals surface area contributed by atoms with Gasteiger partial charge < -0.3 is 10.2 Å². The highest BCUT2D eigenvalue weighted by Gasteiger charge is 2.15. The Labute approximate surface area is 172 Å². The zero-order valence-electron chi connectivity index (χ0n) is 16.8. The summed E-state index contributed by atoms with van der Waals surface area (Å²) in [5.74, 6) is 0.00961. The van der Waals surface area contributed by atoms with Gasteiger partial charge in [-0.15, -0.1) is 0 Å². The average molecular weight is 386 g/mol. The smallest absolute Gasteiger partial charge is 0.224 e. The van der Waals surface area contributed by atoms with Crippen molar-refractivity contribution < 1.29 is 4.79 Å². The summed E-state index contributed by atoms with van der Waals surface area (Å²) in [6, 6.07) is 22.5. The number of nitrogens with one attached hydrogen (secondary N) is 1. The van der Waals surface area contributed by atoms with Gasteiger partial charge in [-0.05, 0) is 48.6 Å². The highest BCUT2D eigenvalue weighted by Crippen LogP contribution is 2.21. The molecule has 4 rings (SSSR count). The second-order valence-corrected chi connectivity index (χ2v) is 7.66. The first-order valence-electron chi connectivity index (χ1n) is 10.3. The van der Waals surface area contributed by atoms with Crippen LogP contribution in [0.15, 0.2) is 72.9 Å². The minimum absolute atomic E-state index is 0.00961. The van der Waals surface area contributed by atoms with E-state index in [2.05, 4.69) is 45.5 Å². The first kappa shape index (κ1) is 19.2. The fourth-order valence-corrected chi connectivity index (χ4v) is 3.81. The molecule has 1 amide bonds. The lowest BCUT2D eigenvalue weighted by Crippen LogP contribution is -2.28. The second-order valence-electron chi connectivity index (χ2n) is 7.66. The lowest BCUT2D eigenvalue weighted by atomic mass is 10.0. The molecular formula is C25H27N3O. The number of benzene rings is 2. The molecule has 1 atom stereocenters. The maximum Gasteiger partial charge on any atom is 0.224 e. The van der Waals surface area contributed by atoms with Crippen LogP contribution in [0.1, 0.15) is 37.1 Å². The number of hydrogen-bond acceptors (Lipinski definition) is 3. The number of hydrogen-bond donors (Lipinski definition) is 1. The molecule has 1 fully saturated rings. The predicted molar refractivity (Wildman–Crippen MR) is 118 cm³/mol. The van der Waals surface area contributed by atoms with Crippen molar-refractivity contribution in [1.29, 1.82) is 0 Å². The van der Waals surface area contributed by atoms with Crippen LogP contribution in [-0.2, 0) is 11.2 Å². The zero-order chi connectivity index (χ0) is 20.1. The molecule has 4 nitrogen and oxygen atoms in total. The molecule has 0 aliphatic carbocycles. The molecule has 1 saturated heterocycles. The second kappa shape index (κ2) is 8.91. The van der Waals surface area contributed by atoms with Gasteiger partial charge in [0.2, 0.25) is 5.91 Å². The molecule has 0 bridgehead atoms. The van der Waals surface area contributed by atoms with Crippen LogP contribution in [0.25, 0.3) is 11.1 Å². The summed E-state index contributed by atoms with van der Waals surface area (Å²) in [7, 11) is 0. The van der Waals surface area contributed by atoms with Gasteiger partial charge in [-0.1, -0.05) is 54.6 Å². The molecule has 29 heavy (non-hydrogen) atoms. The van der Waals surface area contributed by atoms with Crippen molar-refractivity contribution in [3.8, 4) is 11.1 Å². The molecule has 0 spiro atoms. The Morgan fingerprint density at radius 2 is 1.66 bits per heavy atom. The van der Waals surface area contributed by atoms with Gasteiger partial charge in [0.25, 0.3) is 0 Å². The highest BCUT2D eigenvalue weighted by molar-refractivity contribution is 5.79. The molecule has 1 aliphatic rings. The Morgan fingerprint density at radius 1 is 0.966 bits per heavy atom. The Kier molecular flexibility index (Phi) is 5.89. The van der Waals surface area contributed by atoms with Crippen LogP contribution in [0.5, 0.6) is 0 Å². The largest absolute Gasteiger partial charge is 0.370 e. The third-order valence-electron chi connectivity index (χ3n) is 5.49. The number of anilines is 1. The van der Waals surface area contributed by atoms with E-state index >= 15 is 0 Å². The molecule has 0 radical (unpaired) electrons. The van der Waals surface area contributed by atoms with Crippen molar-refractivity contribution in [1.82, 2.24) is 10.3 Å². The topological polar surface area (TPSA) is 45.2 Å². The molecule has 4 heteroatoms. The zero-order valence-corrected chi connectivity index (χ0v) is 16.8. The Hall–Kier alpha value is -3.14. The number of aromatic nitrogens is 1. The summed E-state index contributed by atoms with van der Waals surface area (Å²) in [5.41, 5.74) is 5.40. The quantitative estimate of drug-likeness (QED) is 0.665. The first-order chi connectivity index (χ1) is 14.2. The molecule has 3 aromatic rings. The number of carbonyl (C=O) groups excluding carboxylic acids is 1. The standard InChI is InChI=1S/C25H27N3O/c1-19(24-14-13-23(18-26-24)28-15-5-6-16-28)27-25(29)17-20-9-11-22(12-10-20)21-7-3-2-4-8-21/h2-4,7-14,18-19H,5-6,15-17H2,1H3,(H,27,29). The maximum atomic E-state index is 12.5. The fourth-order valence-electron chi connectivity index (χ4n) is 3.81. The minimum atomic E-state index is -0.112. The van der Waals surface area contributed by atoms with Crippen molar-refractivity contribution in [2.75, 3.05) is 18.0 Å². The SMILES string of the molecule is CC(NC(=O)Cc1ccc(-c2ccccc2)cc1)c1ccc(N2CCCC2)cn1. The van der Waals surface area contributed by atoms with Gasteiger partial charge in [0, 0.05) is 13.1 Å².